The summed E-state index contributed by atoms with van der Waals surface area (Å²) in [5.41, 5.74) is 6.24. The molecule has 0 saturated heterocycles. The predicted molar refractivity (Wildman–Crippen MR) is 68.4 cm³/mol. The van der Waals surface area contributed by atoms with Crippen molar-refractivity contribution in [2.24, 2.45) is 0 Å². The lowest BCUT2D eigenvalue weighted by molar-refractivity contribution is 0.584. The molecule has 3 aromatic heterocycles. The summed E-state index contributed by atoms with van der Waals surface area (Å²) in [6.45, 7) is 0. The van der Waals surface area contributed by atoms with E-state index in [2.05, 4.69) is 20.2 Å². The zero-order chi connectivity index (χ0) is 12.5. The van der Waals surface area contributed by atoms with Crippen LogP contribution in [-0.4, -0.2) is 28.0 Å². The van der Waals surface area contributed by atoms with Crippen molar-refractivity contribution in [2.45, 2.75) is 0 Å². The van der Waals surface area contributed by atoms with Crippen molar-refractivity contribution in [1.29, 1.82) is 0 Å². The third-order valence-electron chi connectivity index (χ3n) is 2.18. The molecule has 86 valence electrons. The Kier molecular flexibility index (Phi) is 2.56. The first-order valence-electron chi connectivity index (χ1n) is 5.00. The number of hydrogen-bond acceptors (Lipinski definition) is 7. The van der Waals surface area contributed by atoms with Crippen molar-refractivity contribution < 1.29 is 4.42 Å². The fourth-order valence-electron chi connectivity index (χ4n) is 1.39. The highest BCUT2D eigenvalue weighted by molar-refractivity contribution is 7.13. The number of nitrogens with zero attached hydrogens (tertiary/aromatic N) is 4. The predicted octanol–water partition coefficient (Wildman–Crippen LogP) is 0.631. The van der Waals surface area contributed by atoms with Crippen molar-refractivity contribution >= 4 is 30.6 Å². The summed E-state index contributed by atoms with van der Waals surface area (Å²) in [4.78, 5) is 8.81. The van der Waals surface area contributed by atoms with Gasteiger partial charge in [0.05, 0.1) is 4.88 Å². The molecule has 0 fully saturated rings. The van der Waals surface area contributed by atoms with E-state index in [1.54, 1.807) is 0 Å². The molecule has 0 aliphatic rings. The smallest absolute Gasteiger partial charge is 0.270 e. The van der Waals surface area contributed by atoms with Gasteiger partial charge in [0.15, 0.2) is 11.5 Å². The van der Waals surface area contributed by atoms with E-state index in [1.807, 2.05) is 17.5 Å². The van der Waals surface area contributed by atoms with Crippen LogP contribution in [0, 0.1) is 0 Å². The summed E-state index contributed by atoms with van der Waals surface area (Å²) in [5.74, 6) is 0.824. The van der Waals surface area contributed by atoms with Gasteiger partial charge in [0.25, 0.3) is 11.8 Å². The average Bonchev–Trinajstić information content (AvgIpc) is 3.00. The van der Waals surface area contributed by atoms with Crippen molar-refractivity contribution in [3.05, 3.63) is 23.7 Å². The Morgan fingerprint density at radius 3 is 2.89 bits per heavy atom. The van der Waals surface area contributed by atoms with Crippen LogP contribution >= 0.6 is 11.3 Å². The second-order valence-corrected chi connectivity index (χ2v) is 4.37. The van der Waals surface area contributed by atoms with Crippen LogP contribution in [0.15, 0.2) is 28.1 Å². The lowest BCUT2D eigenvalue weighted by atomic mass is 10.1. The normalized spacial score (nSPS) is 10.7. The highest BCUT2D eigenvalue weighted by Crippen LogP contribution is 2.27. The third kappa shape index (κ3) is 1.86. The Balaban J connectivity index is 2.05. The fraction of sp³-hybridized carbons (Fsp3) is 0. The number of rotatable bonds is 2. The van der Waals surface area contributed by atoms with Gasteiger partial charge in [-0.05, 0) is 11.4 Å². The molecule has 2 N–H and O–H groups in total. The highest BCUT2D eigenvalue weighted by atomic mass is 32.1. The zero-order valence-corrected chi connectivity index (χ0v) is 9.89. The fourth-order valence-corrected chi connectivity index (χ4v) is 2.03. The number of anilines is 1. The number of hydrogen-bond donors (Lipinski definition) is 1. The van der Waals surface area contributed by atoms with Crippen LogP contribution in [0.3, 0.4) is 0 Å². The molecule has 0 bridgehead atoms. The van der Waals surface area contributed by atoms with Crippen LogP contribution in [0.25, 0.3) is 22.4 Å². The monoisotopic (exact) mass is 255 g/mol. The van der Waals surface area contributed by atoms with Crippen LogP contribution in [0.4, 0.5) is 5.82 Å². The van der Waals surface area contributed by atoms with E-state index in [9.17, 15) is 0 Å². The highest BCUT2D eigenvalue weighted by Gasteiger charge is 2.15. The number of thiophene rings is 1. The van der Waals surface area contributed by atoms with Gasteiger partial charge >= 0.3 is 0 Å². The van der Waals surface area contributed by atoms with Crippen molar-refractivity contribution in [1.82, 2.24) is 20.2 Å². The van der Waals surface area contributed by atoms with Gasteiger partial charge in [-0.15, -0.1) is 21.5 Å². The summed E-state index contributed by atoms with van der Waals surface area (Å²) in [5, 5.41) is 9.76. The molecule has 6 nitrogen and oxygen atoms in total. The van der Waals surface area contributed by atoms with E-state index in [4.69, 9.17) is 18.0 Å². The summed E-state index contributed by atoms with van der Waals surface area (Å²) < 4.78 is 5.50. The Labute approximate surface area is 107 Å². The van der Waals surface area contributed by atoms with E-state index in [-0.39, 0.29) is 17.3 Å². The first-order chi connectivity index (χ1) is 8.74. The zero-order valence-electron chi connectivity index (χ0n) is 9.07. The molecule has 3 rings (SSSR count). The Morgan fingerprint density at radius 1 is 1.28 bits per heavy atom. The summed E-state index contributed by atoms with van der Waals surface area (Å²) in [6.07, 6.45) is 1.37. The van der Waals surface area contributed by atoms with Crippen LogP contribution in [0.1, 0.15) is 0 Å². The maximum absolute atomic E-state index is 5.70. The maximum atomic E-state index is 5.70. The van der Waals surface area contributed by atoms with Crippen LogP contribution < -0.4 is 11.3 Å². The number of nitrogens with two attached hydrogens (primary N) is 1. The molecule has 0 aliphatic carbocycles. The van der Waals surface area contributed by atoms with E-state index in [0.29, 0.717) is 11.6 Å². The summed E-state index contributed by atoms with van der Waals surface area (Å²) in [6, 6.07) is 3.79. The SMILES string of the molecule is [B]c1cnc(N)c(-c2nnc(-c3cccs3)o2)n1. The van der Waals surface area contributed by atoms with Gasteiger partial charge in [-0.2, -0.15) is 0 Å². The Morgan fingerprint density at radius 2 is 2.11 bits per heavy atom. The molecule has 0 unspecified atom stereocenters. The first kappa shape index (κ1) is 10.9. The van der Waals surface area contributed by atoms with Gasteiger partial charge in [-0.25, -0.2) is 4.98 Å². The van der Waals surface area contributed by atoms with E-state index in [1.165, 1.54) is 17.5 Å². The molecular formula is C10H6BN5OS. The molecule has 0 spiro atoms. The van der Waals surface area contributed by atoms with E-state index >= 15 is 0 Å². The molecule has 3 heterocycles. The third-order valence-corrected chi connectivity index (χ3v) is 3.04. The lowest BCUT2D eigenvalue weighted by Gasteiger charge is -1.99. The molecule has 0 amide bonds. The van der Waals surface area contributed by atoms with Crippen molar-refractivity contribution in [3.8, 4) is 22.4 Å². The first-order valence-corrected chi connectivity index (χ1v) is 5.88. The minimum absolute atomic E-state index is 0.200. The standard InChI is InChI=1S/C10H6BN5OS/c11-6-4-13-8(12)7(14-6)10-16-15-9(17-10)5-2-1-3-18-5/h1-4H,(H2,12,13). The minimum atomic E-state index is 0.200. The van der Waals surface area contributed by atoms with Crippen LogP contribution in [0.5, 0.6) is 0 Å². The topological polar surface area (TPSA) is 90.7 Å². The van der Waals surface area contributed by atoms with Crippen LogP contribution in [0.2, 0.25) is 0 Å². The molecule has 0 atom stereocenters. The molecule has 0 saturated carbocycles. The Bertz CT molecular complexity index is 681. The molecule has 0 aromatic carbocycles. The lowest BCUT2D eigenvalue weighted by Crippen LogP contribution is -2.12. The quantitative estimate of drug-likeness (QED) is 0.675. The summed E-state index contributed by atoms with van der Waals surface area (Å²) in [7, 11) is 5.55. The number of nitrogen functional groups attached to an aromatic ring is 1. The van der Waals surface area contributed by atoms with Gasteiger partial charge in [-0.1, -0.05) is 6.07 Å². The second-order valence-electron chi connectivity index (χ2n) is 3.42. The molecule has 3 aromatic rings. The Hall–Kier alpha value is -2.22. The molecule has 0 aliphatic heterocycles. The minimum Gasteiger partial charge on any atom is -0.414 e. The van der Waals surface area contributed by atoms with Crippen molar-refractivity contribution in [3.63, 3.8) is 0 Å². The van der Waals surface area contributed by atoms with Gasteiger partial charge in [-0.3, -0.25) is 4.98 Å². The van der Waals surface area contributed by atoms with Gasteiger partial charge in [0, 0.05) is 11.8 Å². The summed E-state index contributed by atoms with van der Waals surface area (Å²) >= 11 is 1.50. The molecular weight excluding hydrogens is 249 g/mol. The molecule has 8 heteroatoms. The van der Waals surface area contributed by atoms with Crippen molar-refractivity contribution in [2.75, 3.05) is 5.73 Å². The van der Waals surface area contributed by atoms with Gasteiger partial charge < -0.3 is 10.2 Å². The van der Waals surface area contributed by atoms with Crippen LogP contribution in [-0.2, 0) is 0 Å². The second kappa shape index (κ2) is 4.23. The molecule has 18 heavy (non-hydrogen) atoms. The van der Waals surface area contributed by atoms with Gasteiger partial charge in [0.2, 0.25) is 0 Å². The largest absolute Gasteiger partial charge is 0.414 e. The van der Waals surface area contributed by atoms with Gasteiger partial charge in [0.1, 0.15) is 7.85 Å². The van der Waals surface area contributed by atoms with E-state index < -0.39 is 0 Å². The molecule has 2 radical (unpaired) electrons. The maximum Gasteiger partial charge on any atom is 0.270 e. The average molecular weight is 255 g/mol. The number of aromatic nitrogens is 4. The van der Waals surface area contributed by atoms with E-state index in [0.717, 1.165) is 4.88 Å².